The van der Waals surface area contributed by atoms with Crippen LogP contribution in [0.3, 0.4) is 0 Å². The third-order valence-corrected chi connectivity index (χ3v) is 3.32. The molecule has 0 saturated carbocycles. The Kier molecular flexibility index (Phi) is 4.90. The number of carbonyl (C=O) groups is 1. The molecule has 0 fully saturated rings. The first-order valence-corrected chi connectivity index (χ1v) is 6.80. The van der Waals surface area contributed by atoms with Crippen LogP contribution < -0.4 is 4.90 Å². The van der Waals surface area contributed by atoms with Crippen LogP contribution in [0.4, 0.5) is 14.5 Å². The molecule has 112 valence electrons. The molecule has 0 N–H and O–H groups in total. The second-order valence-electron chi connectivity index (χ2n) is 4.44. The average Bonchev–Trinajstić information content (AvgIpc) is 2.87. The monoisotopic (exact) mass is 313 g/mol. The second-order valence-corrected chi connectivity index (χ2v) is 4.70. The molecule has 0 unspecified atom stereocenters. The lowest BCUT2D eigenvalue weighted by Gasteiger charge is -2.21. The number of alkyl halides is 3. The molecular formula is C14H14ClF2N3O. The Bertz CT molecular complexity index is 616. The highest BCUT2D eigenvalue weighted by molar-refractivity contribution is 6.29. The minimum atomic E-state index is -2.75. The van der Waals surface area contributed by atoms with Gasteiger partial charge in [-0.2, -0.15) is 13.9 Å². The van der Waals surface area contributed by atoms with Crippen molar-refractivity contribution in [2.45, 2.75) is 20.0 Å². The molecule has 1 aromatic carbocycles. The molecule has 0 aliphatic rings. The maximum atomic E-state index is 12.8. The van der Waals surface area contributed by atoms with Crippen molar-refractivity contribution in [3.63, 3.8) is 0 Å². The van der Waals surface area contributed by atoms with Crippen LogP contribution >= 0.6 is 11.6 Å². The highest BCUT2D eigenvalue weighted by Gasteiger charge is 2.22. The zero-order valence-electron chi connectivity index (χ0n) is 11.3. The summed E-state index contributed by atoms with van der Waals surface area (Å²) in [6.07, 6.45) is 1.26. The van der Waals surface area contributed by atoms with Crippen molar-refractivity contribution in [3.05, 3.63) is 47.8 Å². The van der Waals surface area contributed by atoms with E-state index < -0.39 is 6.55 Å². The Hall–Kier alpha value is -1.95. The summed E-state index contributed by atoms with van der Waals surface area (Å²) < 4.78 is 26.1. The molecule has 0 aliphatic heterocycles. The Labute approximate surface area is 125 Å². The Balaban J connectivity index is 2.35. The molecular weight excluding hydrogens is 300 g/mol. The van der Waals surface area contributed by atoms with E-state index in [1.54, 1.807) is 0 Å². The topological polar surface area (TPSA) is 38.1 Å². The summed E-state index contributed by atoms with van der Waals surface area (Å²) in [6, 6.07) is 9.24. The molecule has 1 aromatic heterocycles. The lowest BCUT2D eigenvalue weighted by atomic mass is 10.2. The summed E-state index contributed by atoms with van der Waals surface area (Å²) in [7, 11) is 0. The molecule has 21 heavy (non-hydrogen) atoms. The van der Waals surface area contributed by atoms with Crippen LogP contribution in [-0.4, -0.2) is 21.6 Å². The minimum Gasteiger partial charge on any atom is -0.304 e. The van der Waals surface area contributed by atoms with Gasteiger partial charge in [0.15, 0.2) is 0 Å². The molecule has 1 amide bonds. The standard InChI is InChI=1S/C14H14ClF2N3O/c1-10-12(8-18-20(10)14(16)17)19(13(21)7-15)9-11-5-3-2-4-6-11/h2-6,8,14H,7,9H2,1H3. The van der Waals surface area contributed by atoms with Gasteiger partial charge in [-0.3, -0.25) is 4.79 Å². The van der Waals surface area contributed by atoms with Gasteiger partial charge in [-0.15, -0.1) is 11.6 Å². The fraction of sp³-hybridized carbons (Fsp3) is 0.286. The lowest BCUT2D eigenvalue weighted by Crippen LogP contribution is -2.31. The molecule has 1 heterocycles. The molecule has 7 heteroatoms. The molecule has 0 saturated heterocycles. The van der Waals surface area contributed by atoms with Gasteiger partial charge in [0, 0.05) is 0 Å². The average molecular weight is 314 g/mol. The van der Waals surface area contributed by atoms with Crippen molar-refractivity contribution in [2.75, 3.05) is 10.8 Å². The van der Waals surface area contributed by atoms with Crippen LogP contribution in [0.1, 0.15) is 17.8 Å². The van der Waals surface area contributed by atoms with E-state index in [-0.39, 0.29) is 24.0 Å². The molecule has 2 aromatic rings. The first-order chi connectivity index (χ1) is 10.0. The van der Waals surface area contributed by atoms with E-state index in [9.17, 15) is 13.6 Å². The van der Waals surface area contributed by atoms with Gasteiger partial charge in [-0.05, 0) is 12.5 Å². The number of benzene rings is 1. The lowest BCUT2D eigenvalue weighted by molar-refractivity contribution is -0.116. The summed E-state index contributed by atoms with van der Waals surface area (Å²) >= 11 is 5.62. The van der Waals surface area contributed by atoms with Gasteiger partial charge in [-0.25, -0.2) is 4.68 Å². The van der Waals surface area contributed by atoms with Gasteiger partial charge >= 0.3 is 6.55 Å². The number of hydrogen-bond donors (Lipinski definition) is 0. The maximum Gasteiger partial charge on any atom is 0.333 e. The quantitative estimate of drug-likeness (QED) is 0.794. The molecule has 0 radical (unpaired) electrons. The summed E-state index contributed by atoms with van der Waals surface area (Å²) in [5.74, 6) is -0.594. The van der Waals surface area contributed by atoms with E-state index in [1.807, 2.05) is 30.3 Å². The largest absolute Gasteiger partial charge is 0.333 e. The molecule has 4 nitrogen and oxygen atoms in total. The SMILES string of the molecule is Cc1c(N(Cc2ccccc2)C(=O)CCl)cnn1C(F)F. The normalized spacial score (nSPS) is 10.9. The van der Waals surface area contributed by atoms with E-state index in [1.165, 1.54) is 18.0 Å². The number of hydrogen-bond acceptors (Lipinski definition) is 2. The number of halogens is 3. The number of aromatic nitrogens is 2. The van der Waals surface area contributed by atoms with Crippen LogP contribution in [0.15, 0.2) is 36.5 Å². The van der Waals surface area contributed by atoms with E-state index >= 15 is 0 Å². The Morgan fingerprint density at radius 2 is 2.05 bits per heavy atom. The van der Waals surface area contributed by atoms with Crippen LogP contribution in [-0.2, 0) is 11.3 Å². The van der Waals surface area contributed by atoms with Gasteiger partial charge in [0.05, 0.1) is 24.1 Å². The highest BCUT2D eigenvalue weighted by atomic mass is 35.5. The summed E-state index contributed by atoms with van der Waals surface area (Å²) in [4.78, 5) is 13.4. The van der Waals surface area contributed by atoms with Crippen molar-refractivity contribution in [1.29, 1.82) is 0 Å². The highest BCUT2D eigenvalue weighted by Crippen LogP contribution is 2.25. The Morgan fingerprint density at radius 3 is 2.57 bits per heavy atom. The molecule has 0 spiro atoms. The van der Waals surface area contributed by atoms with Gasteiger partial charge in [-0.1, -0.05) is 30.3 Å². The van der Waals surface area contributed by atoms with E-state index in [0.29, 0.717) is 10.4 Å². The maximum absolute atomic E-state index is 12.8. The van der Waals surface area contributed by atoms with Crippen molar-refractivity contribution < 1.29 is 13.6 Å². The second kappa shape index (κ2) is 6.67. The summed E-state index contributed by atoms with van der Waals surface area (Å²) in [6.45, 7) is -1.00. The number of rotatable bonds is 5. The van der Waals surface area contributed by atoms with Crippen molar-refractivity contribution in [3.8, 4) is 0 Å². The molecule has 0 bridgehead atoms. The predicted molar refractivity (Wildman–Crippen MR) is 76.6 cm³/mol. The molecule has 0 aliphatic carbocycles. The van der Waals surface area contributed by atoms with Gasteiger partial charge in [0.1, 0.15) is 5.88 Å². The third kappa shape index (κ3) is 3.39. The minimum absolute atomic E-state index is 0.222. The van der Waals surface area contributed by atoms with Crippen LogP contribution in [0.5, 0.6) is 0 Å². The van der Waals surface area contributed by atoms with Gasteiger partial charge in [0.25, 0.3) is 0 Å². The van der Waals surface area contributed by atoms with Crippen molar-refractivity contribution in [1.82, 2.24) is 9.78 Å². The third-order valence-electron chi connectivity index (χ3n) is 3.09. The zero-order valence-corrected chi connectivity index (χ0v) is 12.1. The van der Waals surface area contributed by atoms with E-state index in [0.717, 1.165) is 5.56 Å². The van der Waals surface area contributed by atoms with Crippen LogP contribution in [0.2, 0.25) is 0 Å². The number of nitrogens with zero attached hydrogens (tertiary/aromatic N) is 3. The Morgan fingerprint density at radius 1 is 1.38 bits per heavy atom. The fourth-order valence-electron chi connectivity index (χ4n) is 2.02. The van der Waals surface area contributed by atoms with Crippen molar-refractivity contribution in [2.24, 2.45) is 0 Å². The van der Waals surface area contributed by atoms with E-state index in [4.69, 9.17) is 11.6 Å². The zero-order chi connectivity index (χ0) is 15.4. The smallest absolute Gasteiger partial charge is 0.304 e. The van der Waals surface area contributed by atoms with E-state index in [2.05, 4.69) is 5.10 Å². The number of amides is 1. The van der Waals surface area contributed by atoms with Crippen molar-refractivity contribution >= 4 is 23.2 Å². The first-order valence-electron chi connectivity index (χ1n) is 6.27. The molecule has 2 rings (SSSR count). The van der Waals surface area contributed by atoms with Crippen LogP contribution in [0.25, 0.3) is 0 Å². The summed E-state index contributed by atoms with van der Waals surface area (Å²) in [5.41, 5.74) is 1.43. The summed E-state index contributed by atoms with van der Waals surface area (Å²) in [5, 5.41) is 3.62. The van der Waals surface area contributed by atoms with Gasteiger partial charge in [0.2, 0.25) is 5.91 Å². The van der Waals surface area contributed by atoms with Gasteiger partial charge < -0.3 is 4.90 Å². The predicted octanol–water partition coefficient (Wildman–Crippen LogP) is 3.36. The van der Waals surface area contributed by atoms with Crippen LogP contribution in [0, 0.1) is 6.92 Å². The number of carbonyl (C=O) groups excluding carboxylic acids is 1. The molecule has 0 atom stereocenters. The first kappa shape index (κ1) is 15.4. The fourth-order valence-corrected chi connectivity index (χ4v) is 2.17. The number of anilines is 1.